The summed E-state index contributed by atoms with van der Waals surface area (Å²) >= 11 is 0. The first kappa shape index (κ1) is 94.1. The molecule has 0 saturated heterocycles. The zero-order valence-corrected chi connectivity index (χ0v) is 64.5. The lowest BCUT2D eigenvalue weighted by Gasteiger charge is -2.21. The van der Waals surface area contributed by atoms with Gasteiger partial charge < -0.3 is 33.8 Å². The molecule has 19 heteroatoms. The zero-order valence-electron chi connectivity index (χ0n) is 62.7. The molecule has 0 heterocycles. The summed E-state index contributed by atoms with van der Waals surface area (Å²) in [5.41, 5.74) is 0. The fraction of sp³-hybridized carbons (Fsp3) is 0.948. The van der Waals surface area contributed by atoms with E-state index in [2.05, 4.69) is 41.5 Å². The number of phosphoric ester groups is 2. The Kier molecular flexibility index (Phi) is 67.4. The van der Waals surface area contributed by atoms with Crippen molar-refractivity contribution in [1.82, 2.24) is 0 Å². The van der Waals surface area contributed by atoms with Crippen LogP contribution in [0.4, 0.5) is 0 Å². The summed E-state index contributed by atoms with van der Waals surface area (Å²) in [5.74, 6) is -0.635. The van der Waals surface area contributed by atoms with E-state index in [1.165, 1.54) is 218 Å². The molecule has 96 heavy (non-hydrogen) atoms. The highest BCUT2D eigenvalue weighted by Crippen LogP contribution is 2.45. The molecule has 5 atom stereocenters. The van der Waals surface area contributed by atoms with Crippen molar-refractivity contribution >= 4 is 39.5 Å². The minimum atomic E-state index is -4.96. The van der Waals surface area contributed by atoms with Gasteiger partial charge in [-0.05, 0) is 37.5 Å². The lowest BCUT2D eigenvalue weighted by Crippen LogP contribution is -2.30. The first-order valence-electron chi connectivity index (χ1n) is 40.0. The second-order valence-electron chi connectivity index (χ2n) is 28.7. The van der Waals surface area contributed by atoms with Crippen LogP contribution in [0.2, 0.25) is 0 Å². The minimum Gasteiger partial charge on any atom is -0.462 e. The van der Waals surface area contributed by atoms with Crippen molar-refractivity contribution in [2.45, 2.75) is 419 Å². The second-order valence-corrected chi connectivity index (χ2v) is 31.6. The Bertz CT molecular complexity index is 1860. The Morgan fingerprint density at radius 1 is 0.281 bits per heavy atom. The molecule has 0 amide bonds. The number of aliphatic hydroxyl groups excluding tert-OH is 1. The number of aliphatic hydroxyl groups is 1. The number of ether oxygens (including phenoxy) is 4. The van der Waals surface area contributed by atoms with Crippen LogP contribution in [-0.2, 0) is 65.4 Å². The molecule has 0 aliphatic carbocycles. The predicted molar refractivity (Wildman–Crippen MR) is 391 cm³/mol. The van der Waals surface area contributed by atoms with Gasteiger partial charge in [-0.1, -0.05) is 350 Å². The molecular formula is C77H150O17P2. The summed E-state index contributed by atoms with van der Waals surface area (Å²) < 4.78 is 68.6. The van der Waals surface area contributed by atoms with Crippen LogP contribution in [0, 0.1) is 11.8 Å². The zero-order chi connectivity index (χ0) is 70.7. The molecule has 0 saturated carbocycles. The maximum Gasteiger partial charge on any atom is 0.472 e. The van der Waals surface area contributed by atoms with Gasteiger partial charge in [-0.3, -0.25) is 37.3 Å². The Hall–Kier alpha value is -1.94. The molecule has 2 unspecified atom stereocenters. The minimum absolute atomic E-state index is 0.106. The maximum absolute atomic E-state index is 13.1. The van der Waals surface area contributed by atoms with Gasteiger partial charge in [0.25, 0.3) is 0 Å². The van der Waals surface area contributed by atoms with Gasteiger partial charge in [0.1, 0.15) is 19.3 Å². The first-order valence-corrected chi connectivity index (χ1v) is 43.0. The number of carbonyl (C=O) groups is 4. The molecule has 0 aromatic heterocycles. The normalized spacial score (nSPS) is 14.0. The molecule has 0 aliphatic heterocycles. The monoisotopic (exact) mass is 1410 g/mol. The summed E-state index contributed by atoms with van der Waals surface area (Å²) in [5, 5.41) is 10.6. The standard InChI is InChI=1S/C77H150O17P2/c1-7-9-11-13-15-17-19-21-23-24-25-26-28-30-35-43-49-55-61-76(81)93-72(65-87-74(79)59-53-47-41-34-29-27-22-20-18-16-14-12-10-8-2)67-91-95(83,84)89-63-71(78)64-90-96(85,86)92-68-73(66-88-75(80)60-54-48-42-38-37-40-46-52-58-70(5)6)94-77(82)62-56-50-44-36-32-31-33-39-45-51-57-69(3)4/h69-73,78H,7-68H2,1-6H3,(H,83,84)(H,85,86)/t71-,72-,73-/m1/s1. The predicted octanol–water partition coefficient (Wildman–Crippen LogP) is 22.7. The van der Waals surface area contributed by atoms with Crippen molar-refractivity contribution in [3.63, 3.8) is 0 Å². The van der Waals surface area contributed by atoms with Gasteiger partial charge >= 0.3 is 39.5 Å². The van der Waals surface area contributed by atoms with Crippen LogP contribution in [0.15, 0.2) is 0 Å². The third-order valence-corrected chi connectivity index (χ3v) is 19.9. The molecule has 0 bridgehead atoms. The molecule has 0 radical (unpaired) electrons. The number of carbonyl (C=O) groups excluding carboxylic acids is 4. The molecule has 0 aromatic rings. The fourth-order valence-electron chi connectivity index (χ4n) is 11.8. The number of unbranched alkanes of at least 4 members (excludes halogenated alkanes) is 46. The van der Waals surface area contributed by atoms with E-state index in [1.807, 2.05) is 0 Å². The van der Waals surface area contributed by atoms with Crippen LogP contribution in [0.25, 0.3) is 0 Å². The highest BCUT2D eigenvalue weighted by molar-refractivity contribution is 7.47. The molecule has 0 rings (SSSR count). The third-order valence-electron chi connectivity index (χ3n) is 18.0. The molecule has 0 fully saturated rings. The summed E-state index contributed by atoms with van der Waals surface area (Å²) in [6.45, 7) is 9.56. The number of hydrogen-bond donors (Lipinski definition) is 3. The fourth-order valence-corrected chi connectivity index (χ4v) is 13.4. The molecular weight excluding hydrogens is 1260 g/mol. The Labute approximate surface area is 588 Å². The number of phosphoric acid groups is 2. The summed E-state index contributed by atoms with van der Waals surface area (Å²) in [7, 11) is -9.91. The van der Waals surface area contributed by atoms with Gasteiger partial charge in [0.2, 0.25) is 0 Å². The highest BCUT2D eigenvalue weighted by atomic mass is 31.2. The highest BCUT2D eigenvalue weighted by Gasteiger charge is 2.30. The van der Waals surface area contributed by atoms with E-state index >= 15 is 0 Å². The Balaban J connectivity index is 5.25. The lowest BCUT2D eigenvalue weighted by molar-refractivity contribution is -0.161. The molecule has 0 aliphatic rings. The molecule has 0 aromatic carbocycles. The van der Waals surface area contributed by atoms with Crippen LogP contribution in [-0.4, -0.2) is 96.7 Å². The van der Waals surface area contributed by atoms with E-state index in [0.29, 0.717) is 25.7 Å². The second kappa shape index (κ2) is 68.8. The summed E-state index contributed by atoms with van der Waals surface area (Å²) in [6.07, 6.45) is 56.9. The summed E-state index contributed by atoms with van der Waals surface area (Å²) in [4.78, 5) is 72.9. The average Bonchev–Trinajstić information content (AvgIpc) is 1.31. The molecule has 17 nitrogen and oxygen atoms in total. The van der Waals surface area contributed by atoms with Gasteiger partial charge in [-0.25, -0.2) is 9.13 Å². The first-order chi connectivity index (χ1) is 46.4. The van der Waals surface area contributed by atoms with Crippen LogP contribution in [0.1, 0.15) is 401 Å². The van der Waals surface area contributed by atoms with Gasteiger partial charge in [-0.2, -0.15) is 0 Å². The largest absolute Gasteiger partial charge is 0.472 e. The van der Waals surface area contributed by atoms with E-state index in [4.69, 9.17) is 37.0 Å². The van der Waals surface area contributed by atoms with E-state index < -0.39 is 97.5 Å². The van der Waals surface area contributed by atoms with Gasteiger partial charge in [-0.15, -0.1) is 0 Å². The molecule has 570 valence electrons. The van der Waals surface area contributed by atoms with Crippen molar-refractivity contribution in [3.8, 4) is 0 Å². The van der Waals surface area contributed by atoms with Crippen LogP contribution >= 0.6 is 15.6 Å². The average molecular weight is 1410 g/mol. The van der Waals surface area contributed by atoms with E-state index in [1.54, 1.807) is 0 Å². The van der Waals surface area contributed by atoms with Crippen molar-refractivity contribution < 1.29 is 80.2 Å². The van der Waals surface area contributed by atoms with Gasteiger partial charge in [0.15, 0.2) is 12.2 Å². The number of hydrogen-bond acceptors (Lipinski definition) is 15. The van der Waals surface area contributed by atoms with Crippen LogP contribution in [0.3, 0.4) is 0 Å². The quantitative estimate of drug-likeness (QED) is 0.0222. The topological polar surface area (TPSA) is 237 Å². The van der Waals surface area contributed by atoms with Crippen molar-refractivity contribution in [3.05, 3.63) is 0 Å². The number of rotatable bonds is 76. The van der Waals surface area contributed by atoms with Crippen molar-refractivity contribution in [2.24, 2.45) is 11.8 Å². The third kappa shape index (κ3) is 70.5. The number of esters is 4. The van der Waals surface area contributed by atoms with Gasteiger partial charge in [0, 0.05) is 25.7 Å². The van der Waals surface area contributed by atoms with E-state index in [9.17, 15) is 43.2 Å². The maximum atomic E-state index is 13.1. The van der Waals surface area contributed by atoms with Crippen molar-refractivity contribution in [1.29, 1.82) is 0 Å². The van der Waals surface area contributed by atoms with Crippen LogP contribution < -0.4 is 0 Å². The molecule has 3 N–H and O–H groups in total. The Morgan fingerprint density at radius 2 is 0.479 bits per heavy atom. The SMILES string of the molecule is CCCCCCCCCCCCCCCCCCCCC(=O)O[C@H](COC(=O)CCCCCCCCCCCCCCCC)COP(=O)(O)OC[C@@H](O)COP(=O)(O)OC[C@@H](COC(=O)CCCCCCCCCCC(C)C)OC(=O)CCCCCCCCCCCCC(C)C. The Morgan fingerprint density at radius 3 is 0.708 bits per heavy atom. The van der Waals surface area contributed by atoms with E-state index in [0.717, 1.165) is 102 Å². The lowest BCUT2D eigenvalue weighted by atomic mass is 10.0. The smallest absolute Gasteiger partial charge is 0.462 e. The van der Waals surface area contributed by atoms with E-state index in [-0.39, 0.29) is 25.7 Å². The summed E-state index contributed by atoms with van der Waals surface area (Å²) in [6, 6.07) is 0. The van der Waals surface area contributed by atoms with Gasteiger partial charge in [0.05, 0.1) is 26.4 Å². The van der Waals surface area contributed by atoms with Crippen LogP contribution in [0.5, 0.6) is 0 Å². The van der Waals surface area contributed by atoms with Crippen molar-refractivity contribution in [2.75, 3.05) is 39.6 Å². The molecule has 0 spiro atoms.